The summed E-state index contributed by atoms with van der Waals surface area (Å²) in [5.74, 6) is -1.02. The van der Waals surface area contributed by atoms with E-state index in [9.17, 15) is 9.18 Å². The molecule has 1 rings (SSSR count). The maximum atomic E-state index is 13.5. The number of hydrogen-bond donors (Lipinski definition) is 1. The van der Waals surface area contributed by atoms with Gasteiger partial charge in [0.1, 0.15) is 19.4 Å². The van der Waals surface area contributed by atoms with Gasteiger partial charge in [-0.1, -0.05) is 11.5 Å². The molecule has 0 aliphatic heterocycles. The third kappa shape index (κ3) is 3.26. The summed E-state index contributed by atoms with van der Waals surface area (Å²) in [4.78, 5) is 10.3. The highest BCUT2D eigenvalue weighted by Crippen LogP contribution is 2.15. The maximum absolute atomic E-state index is 13.5. The minimum Gasteiger partial charge on any atom is -0.497 e. The molecule has 1 N–H and O–H groups in total. The Balaban J connectivity index is 2.73. The highest BCUT2D eigenvalue weighted by atomic mass is 19.1. The van der Waals surface area contributed by atoms with Crippen molar-refractivity contribution in [1.82, 2.24) is 0 Å². The van der Waals surface area contributed by atoms with E-state index in [1.54, 1.807) is 0 Å². The molecule has 2 radical (unpaired) electrons. The van der Waals surface area contributed by atoms with Gasteiger partial charge in [-0.15, -0.1) is 0 Å². The number of carboxylic acids is 1. The molecule has 1 aromatic carbocycles. The zero-order chi connectivity index (χ0) is 12.1. The number of halogens is 1. The van der Waals surface area contributed by atoms with Crippen LogP contribution in [0.1, 0.15) is 18.4 Å². The highest BCUT2D eigenvalue weighted by Gasteiger charge is 2.08. The lowest BCUT2D eigenvalue weighted by atomic mass is 9.91. The van der Waals surface area contributed by atoms with Crippen LogP contribution < -0.4 is 10.2 Å². The SMILES string of the molecule is [B]c1cc(CCCC(=O)O)c(F)cc1OC. The second-order valence-electron chi connectivity index (χ2n) is 3.43. The molecule has 0 heterocycles. The Morgan fingerprint density at radius 3 is 2.81 bits per heavy atom. The van der Waals surface area contributed by atoms with Crippen molar-refractivity contribution in [3.05, 3.63) is 23.5 Å². The molecule has 0 aromatic heterocycles. The Labute approximate surface area is 94.6 Å². The Hall–Kier alpha value is -1.52. The van der Waals surface area contributed by atoms with Gasteiger partial charge in [0.2, 0.25) is 0 Å². The molecule has 0 fully saturated rings. The molecule has 84 valence electrons. The van der Waals surface area contributed by atoms with Crippen molar-refractivity contribution in [3.63, 3.8) is 0 Å². The topological polar surface area (TPSA) is 46.5 Å². The van der Waals surface area contributed by atoms with Gasteiger partial charge >= 0.3 is 5.97 Å². The van der Waals surface area contributed by atoms with Crippen LogP contribution in [0.2, 0.25) is 0 Å². The summed E-state index contributed by atoms with van der Waals surface area (Å²) in [7, 11) is 7.04. The van der Waals surface area contributed by atoms with Gasteiger partial charge in [0.25, 0.3) is 0 Å². The van der Waals surface area contributed by atoms with Crippen LogP contribution in [0.5, 0.6) is 5.75 Å². The summed E-state index contributed by atoms with van der Waals surface area (Å²) in [6.45, 7) is 0. The normalized spacial score (nSPS) is 10.1. The van der Waals surface area contributed by atoms with Crippen LogP contribution in [-0.2, 0) is 11.2 Å². The van der Waals surface area contributed by atoms with Gasteiger partial charge in [-0.25, -0.2) is 4.39 Å². The second kappa shape index (κ2) is 5.54. The summed E-state index contributed by atoms with van der Waals surface area (Å²) in [6.07, 6.45) is 0.760. The smallest absolute Gasteiger partial charge is 0.303 e. The lowest BCUT2D eigenvalue weighted by Gasteiger charge is -2.09. The van der Waals surface area contributed by atoms with Crippen molar-refractivity contribution in [1.29, 1.82) is 0 Å². The quantitative estimate of drug-likeness (QED) is 0.757. The van der Waals surface area contributed by atoms with E-state index in [1.165, 1.54) is 19.2 Å². The molecule has 0 spiro atoms. The largest absolute Gasteiger partial charge is 0.497 e. The van der Waals surface area contributed by atoms with E-state index in [2.05, 4.69) is 0 Å². The summed E-state index contributed by atoms with van der Waals surface area (Å²) in [6, 6.07) is 2.70. The number of carbonyl (C=O) groups is 1. The fraction of sp³-hybridized carbons (Fsp3) is 0.364. The molecule has 0 saturated heterocycles. The van der Waals surface area contributed by atoms with Crippen molar-refractivity contribution in [3.8, 4) is 5.75 Å². The number of methoxy groups -OCH3 is 1. The average Bonchev–Trinajstić information content (AvgIpc) is 2.22. The second-order valence-corrected chi connectivity index (χ2v) is 3.43. The van der Waals surface area contributed by atoms with Crippen LogP contribution >= 0.6 is 0 Å². The first kappa shape index (κ1) is 12.6. The van der Waals surface area contributed by atoms with Crippen molar-refractivity contribution < 1.29 is 19.0 Å². The van der Waals surface area contributed by atoms with Crippen LogP contribution in [0, 0.1) is 5.82 Å². The minimum absolute atomic E-state index is 0.0192. The van der Waals surface area contributed by atoms with Crippen LogP contribution in [0.15, 0.2) is 12.1 Å². The average molecular weight is 222 g/mol. The van der Waals surface area contributed by atoms with E-state index < -0.39 is 11.8 Å². The van der Waals surface area contributed by atoms with Crippen molar-refractivity contribution in [2.75, 3.05) is 7.11 Å². The van der Waals surface area contributed by atoms with Gasteiger partial charge < -0.3 is 9.84 Å². The van der Waals surface area contributed by atoms with E-state index >= 15 is 0 Å². The summed E-state index contributed by atoms with van der Waals surface area (Å²) < 4.78 is 18.3. The maximum Gasteiger partial charge on any atom is 0.303 e. The number of aryl methyl sites for hydroxylation is 1. The van der Waals surface area contributed by atoms with E-state index in [1.807, 2.05) is 0 Å². The number of rotatable bonds is 5. The highest BCUT2D eigenvalue weighted by molar-refractivity contribution is 6.34. The molecule has 0 saturated carbocycles. The van der Waals surface area contributed by atoms with Crippen LogP contribution in [0.4, 0.5) is 4.39 Å². The van der Waals surface area contributed by atoms with E-state index in [0.29, 0.717) is 29.6 Å². The first-order valence-electron chi connectivity index (χ1n) is 4.88. The summed E-state index contributed by atoms with van der Waals surface area (Å²) in [5, 5.41) is 8.46. The molecular weight excluding hydrogens is 210 g/mol. The molecular formula is C11H12BFO3. The number of hydrogen-bond acceptors (Lipinski definition) is 2. The van der Waals surface area contributed by atoms with Gasteiger partial charge in [0.15, 0.2) is 0 Å². The molecule has 1 aromatic rings. The third-order valence-electron chi connectivity index (χ3n) is 2.24. The first-order valence-corrected chi connectivity index (χ1v) is 4.88. The lowest BCUT2D eigenvalue weighted by molar-refractivity contribution is -0.137. The molecule has 0 amide bonds. The zero-order valence-corrected chi connectivity index (χ0v) is 9.00. The predicted molar refractivity (Wildman–Crippen MR) is 58.9 cm³/mol. The van der Waals surface area contributed by atoms with E-state index in [0.717, 1.165) is 0 Å². The van der Waals surface area contributed by atoms with Gasteiger partial charge in [0, 0.05) is 12.5 Å². The Kier molecular flexibility index (Phi) is 4.34. The molecule has 0 aliphatic rings. The number of carboxylic acid groups (broad SMARTS) is 1. The molecule has 5 heteroatoms. The van der Waals surface area contributed by atoms with Crippen molar-refractivity contribution >= 4 is 19.3 Å². The lowest BCUT2D eigenvalue weighted by Crippen LogP contribution is -2.10. The van der Waals surface area contributed by atoms with Gasteiger partial charge in [-0.2, -0.15) is 0 Å². The minimum atomic E-state index is -0.887. The first-order chi connectivity index (χ1) is 7.54. The van der Waals surface area contributed by atoms with Crippen LogP contribution in [0.3, 0.4) is 0 Å². The molecule has 0 aliphatic carbocycles. The molecule has 0 unspecified atom stereocenters. The van der Waals surface area contributed by atoms with Gasteiger partial charge in [-0.3, -0.25) is 4.79 Å². The monoisotopic (exact) mass is 222 g/mol. The summed E-state index contributed by atoms with van der Waals surface area (Å²) >= 11 is 0. The van der Waals surface area contributed by atoms with E-state index in [-0.39, 0.29) is 6.42 Å². The summed E-state index contributed by atoms with van der Waals surface area (Å²) in [5.41, 5.74) is 0.772. The fourth-order valence-corrected chi connectivity index (χ4v) is 1.42. The predicted octanol–water partition coefficient (Wildman–Crippen LogP) is 1.04. The Morgan fingerprint density at radius 2 is 2.25 bits per heavy atom. The van der Waals surface area contributed by atoms with Gasteiger partial charge in [0.05, 0.1) is 7.11 Å². The molecule has 16 heavy (non-hydrogen) atoms. The number of aliphatic carboxylic acids is 1. The van der Waals surface area contributed by atoms with Crippen molar-refractivity contribution in [2.45, 2.75) is 19.3 Å². The Morgan fingerprint density at radius 1 is 1.56 bits per heavy atom. The van der Waals surface area contributed by atoms with E-state index in [4.69, 9.17) is 17.7 Å². The van der Waals surface area contributed by atoms with Crippen LogP contribution in [0.25, 0.3) is 0 Å². The fourth-order valence-electron chi connectivity index (χ4n) is 1.42. The van der Waals surface area contributed by atoms with Crippen molar-refractivity contribution in [2.24, 2.45) is 0 Å². The molecule has 0 bridgehead atoms. The number of benzene rings is 1. The van der Waals surface area contributed by atoms with Gasteiger partial charge in [-0.05, 0) is 18.4 Å². The Bertz CT molecular complexity index is 393. The molecule has 0 atom stereocenters. The van der Waals surface area contributed by atoms with Crippen LogP contribution in [-0.4, -0.2) is 26.0 Å². The number of ether oxygens (including phenoxy) is 1. The third-order valence-corrected chi connectivity index (χ3v) is 2.24. The zero-order valence-electron chi connectivity index (χ0n) is 9.00. The molecule has 3 nitrogen and oxygen atoms in total. The standard InChI is InChI=1S/C11H12BFO3/c1-16-10-6-9(13)7(5-8(10)12)3-2-4-11(14)15/h5-6H,2-4H2,1H3,(H,14,15).